The molecule has 6 nitrogen and oxygen atoms in total. The van der Waals surface area contributed by atoms with E-state index in [0.717, 1.165) is 51.4 Å². The maximum absolute atomic E-state index is 13.2. The van der Waals surface area contributed by atoms with E-state index < -0.39 is 18.2 Å². The molecule has 0 aliphatic carbocycles. The highest BCUT2D eigenvalue weighted by Crippen LogP contribution is 2.18. The Kier molecular flexibility index (Phi) is 45.5. The molecule has 58 heavy (non-hydrogen) atoms. The number of amides is 1. The first-order chi connectivity index (χ1) is 28.5. The van der Waals surface area contributed by atoms with Crippen molar-refractivity contribution in [2.24, 2.45) is 0 Å². The molecule has 3 atom stereocenters. The van der Waals surface area contributed by atoms with E-state index in [9.17, 15) is 19.8 Å². The van der Waals surface area contributed by atoms with Crippen LogP contribution in [-0.2, 0) is 14.3 Å². The second-order valence-corrected chi connectivity index (χ2v) is 17.9. The fourth-order valence-corrected chi connectivity index (χ4v) is 8.13. The Balaban J connectivity index is 4.56. The highest BCUT2D eigenvalue weighted by molar-refractivity contribution is 5.77. The number of allylic oxidation sites excluding steroid dienone is 2. The molecule has 3 unspecified atom stereocenters. The Hall–Kier alpha value is -1.40. The van der Waals surface area contributed by atoms with Gasteiger partial charge in [-0.1, -0.05) is 232 Å². The fourth-order valence-electron chi connectivity index (χ4n) is 8.13. The average molecular weight is 820 g/mol. The van der Waals surface area contributed by atoms with E-state index in [1.54, 1.807) is 0 Å². The first-order valence-electron chi connectivity index (χ1n) is 25.9. The van der Waals surface area contributed by atoms with Crippen LogP contribution in [0.15, 0.2) is 12.2 Å². The minimum Gasteiger partial charge on any atom is -0.462 e. The number of carbonyl (C=O) groups is 2. The summed E-state index contributed by atoms with van der Waals surface area (Å²) in [6, 6.07) is -0.696. The zero-order chi connectivity index (χ0) is 42.4. The van der Waals surface area contributed by atoms with Gasteiger partial charge in [0.05, 0.1) is 25.2 Å². The van der Waals surface area contributed by atoms with Gasteiger partial charge >= 0.3 is 5.97 Å². The number of hydrogen-bond acceptors (Lipinski definition) is 5. The molecule has 1 amide bonds. The van der Waals surface area contributed by atoms with Crippen LogP contribution in [0, 0.1) is 0 Å². The van der Waals surface area contributed by atoms with Gasteiger partial charge in [0, 0.05) is 6.42 Å². The van der Waals surface area contributed by atoms with Gasteiger partial charge in [0.15, 0.2) is 0 Å². The number of nitrogens with one attached hydrogen (secondary N) is 1. The van der Waals surface area contributed by atoms with Crippen LogP contribution in [0.2, 0.25) is 0 Å². The molecule has 0 aliphatic rings. The number of ether oxygens (including phenoxy) is 1. The number of aliphatic hydroxyl groups excluding tert-OH is 2. The topological polar surface area (TPSA) is 95.9 Å². The predicted octanol–water partition coefficient (Wildman–Crippen LogP) is 15.3. The summed E-state index contributed by atoms with van der Waals surface area (Å²) in [4.78, 5) is 26.1. The number of aliphatic hydroxyl groups is 2. The van der Waals surface area contributed by atoms with Crippen LogP contribution >= 0.6 is 0 Å². The lowest BCUT2D eigenvalue weighted by atomic mass is 10.0. The third-order valence-electron chi connectivity index (χ3n) is 12.1. The normalized spacial score (nSPS) is 13.3. The SMILES string of the molecule is CCCCCCCC/C=C\CCCCCC(=O)OC(CCCCCCCCCCCCCCCCCC)CC(=O)NC(CO)C(O)CCCCCCCCCCCC. The summed E-state index contributed by atoms with van der Waals surface area (Å²) in [7, 11) is 0. The van der Waals surface area contributed by atoms with Crippen molar-refractivity contribution in [2.45, 2.75) is 302 Å². The third kappa shape index (κ3) is 41.3. The first kappa shape index (κ1) is 56.6. The second-order valence-electron chi connectivity index (χ2n) is 17.9. The zero-order valence-corrected chi connectivity index (χ0v) is 39.2. The Morgan fingerprint density at radius 1 is 0.483 bits per heavy atom. The van der Waals surface area contributed by atoms with Gasteiger partial charge in [0.25, 0.3) is 0 Å². The Labute approximate surface area is 361 Å². The first-order valence-corrected chi connectivity index (χ1v) is 25.9. The van der Waals surface area contributed by atoms with Crippen molar-refractivity contribution in [2.75, 3.05) is 6.61 Å². The summed E-state index contributed by atoms with van der Waals surface area (Å²) in [6.45, 7) is 6.48. The van der Waals surface area contributed by atoms with Gasteiger partial charge in [-0.15, -0.1) is 0 Å². The molecule has 0 fully saturated rings. The van der Waals surface area contributed by atoms with Crippen LogP contribution in [-0.4, -0.2) is 46.9 Å². The minimum absolute atomic E-state index is 0.0787. The number of unbranched alkanes of at least 4 members (excludes halogenated alkanes) is 33. The maximum Gasteiger partial charge on any atom is 0.306 e. The van der Waals surface area contributed by atoms with Crippen molar-refractivity contribution in [1.29, 1.82) is 0 Å². The van der Waals surface area contributed by atoms with Gasteiger partial charge in [-0.3, -0.25) is 9.59 Å². The van der Waals surface area contributed by atoms with E-state index >= 15 is 0 Å². The molecule has 0 aromatic carbocycles. The quantitative estimate of drug-likeness (QED) is 0.0323. The van der Waals surface area contributed by atoms with Crippen molar-refractivity contribution in [1.82, 2.24) is 5.32 Å². The van der Waals surface area contributed by atoms with Gasteiger partial charge in [0.1, 0.15) is 6.10 Å². The Bertz CT molecular complexity index is 878. The number of rotatable bonds is 47. The van der Waals surface area contributed by atoms with Crippen molar-refractivity contribution in [3.63, 3.8) is 0 Å². The van der Waals surface area contributed by atoms with Crippen LogP contribution in [0.1, 0.15) is 284 Å². The summed E-state index contributed by atoms with van der Waals surface area (Å²) >= 11 is 0. The zero-order valence-electron chi connectivity index (χ0n) is 39.2. The van der Waals surface area contributed by atoms with Crippen LogP contribution < -0.4 is 5.32 Å². The van der Waals surface area contributed by atoms with E-state index in [-0.39, 0.29) is 24.9 Å². The van der Waals surface area contributed by atoms with E-state index in [0.29, 0.717) is 19.3 Å². The van der Waals surface area contributed by atoms with Gasteiger partial charge in [-0.05, 0) is 51.4 Å². The molecule has 0 radical (unpaired) electrons. The molecule has 0 heterocycles. The summed E-state index contributed by atoms with van der Waals surface area (Å²) in [5.74, 6) is -0.476. The lowest BCUT2D eigenvalue weighted by molar-refractivity contribution is -0.151. The number of carbonyl (C=O) groups excluding carboxylic acids is 2. The highest BCUT2D eigenvalue weighted by Gasteiger charge is 2.24. The van der Waals surface area contributed by atoms with Crippen molar-refractivity contribution < 1.29 is 24.5 Å². The molecule has 0 saturated heterocycles. The van der Waals surface area contributed by atoms with Gasteiger partial charge in [-0.2, -0.15) is 0 Å². The van der Waals surface area contributed by atoms with E-state index in [2.05, 4.69) is 38.2 Å². The molecule has 0 aromatic heterocycles. The average Bonchev–Trinajstić information content (AvgIpc) is 3.22. The largest absolute Gasteiger partial charge is 0.462 e. The molecular formula is C52H101NO5. The molecule has 0 bridgehead atoms. The molecule has 0 aliphatic heterocycles. The van der Waals surface area contributed by atoms with Gasteiger partial charge < -0.3 is 20.3 Å². The van der Waals surface area contributed by atoms with Crippen LogP contribution in [0.3, 0.4) is 0 Å². The second kappa shape index (κ2) is 46.7. The van der Waals surface area contributed by atoms with Crippen molar-refractivity contribution in [3.8, 4) is 0 Å². The predicted molar refractivity (Wildman–Crippen MR) is 250 cm³/mol. The fraction of sp³-hybridized carbons (Fsp3) is 0.923. The third-order valence-corrected chi connectivity index (χ3v) is 12.1. The van der Waals surface area contributed by atoms with Crippen molar-refractivity contribution in [3.05, 3.63) is 12.2 Å². The summed E-state index contributed by atoms with van der Waals surface area (Å²) in [6.07, 6.45) is 51.3. The Morgan fingerprint density at radius 2 is 0.828 bits per heavy atom. The van der Waals surface area contributed by atoms with Crippen LogP contribution in [0.5, 0.6) is 0 Å². The maximum atomic E-state index is 13.2. The van der Waals surface area contributed by atoms with Crippen LogP contribution in [0.4, 0.5) is 0 Å². The molecule has 0 spiro atoms. The lowest BCUT2D eigenvalue weighted by Crippen LogP contribution is -2.46. The molecule has 3 N–H and O–H groups in total. The molecule has 0 saturated carbocycles. The molecule has 344 valence electrons. The smallest absolute Gasteiger partial charge is 0.306 e. The molecular weight excluding hydrogens is 719 g/mol. The molecule has 6 heteroatoms. The summed E-state index contributed by atoms with van der Waals surface area (Å²) in [5, 5.41) is 23.7. The Morgan fingerprint density at radius 3 is 1.22 bits per heavy atom. The number of hydrogen-bond donors (Lipinski definition) is 3. The summed E-state index contributed by atoms with van der Waals surface area (Å²) < 4.78 is 5.93. The lowest BCUT2D eigenvalue weighted by Gasteiger charge is -2.24. The van der Waals surface area contributed by atoms with Crippen molar-refractivity contribution >= 4 is 11.9 Å². The molecule has 0 rings (SSSR count). The number of esters is 1. The molecule has 0 aromatic rings. The van der Waals surface area contributed by atoms with Crippen LogP contribution in [0.25, 0.3) is 0 Å². The summed E-state index contributed by atoms with van der Waals surface area (Å²) in [5.41, 5.74) is 0. The van der Waals surface area contributed by atoms with E-state index in [1.165, 1.54) is 186 Å². The van der Waals surface area contributed by atoms with Gasteiger partial charge in [0.2, 0.25) is 5.91 Å². The van der Waals surface area contributed by atoms with E-state index in [4.69, 9.17) is 4.74 Å². The minimum atomic E-state index is -0.783. The van der Waals surface area contributed by atoms with Gasteiger partial charge in [-0.25, -0.2) is 0 Å². The standard InChI is InChI=1S/C52H101NO5/c1-4-7-10-13-16-19-22-24-25-26-28-29-31-34-37-40-43-48(58-52(57)45-42-39-36-33-30-27-23-20-17-14-11-8-5-2)46-51(56)53-49(47-54)50(55)44-41-38-35-32-21-18-15-12-9-6-3/h27,30,48-50,54-55H,4-26,28-29,31-47H2,1-3H3,(H,53,56)/b30-27-. The highest BCUT2D eigenvalue weighted by atomic mass is 16.5. The monoisotopic (exact) mass is 820 g/mol. The van der Waals surface area contributed by atoms with E-state index in [1.807, 2.05) is 0 Å².